The molecule has 0 saturated carbocycles. The normalized spacial score (nSPS) is 12.9. The molecule has 286 valence electrons. The largest absolute Gasteiger partial charge is 0.228 e. The zero-order chi connectivity index (χ0) is 40.7. The quantitative estimate of drug-likeness (QED) is 0.174. The van der Waals surface area contributed by atoms with Gasteiger partial charge in [-0.2, -0.15) is 0 Å². The minimum absolute atomic E-state index is 0.125. The Bertz CT molecular complexity index is 3560. The molecule has 0 atom stereocenters. The fourth-order valence-electron chi connectivity index (χ4n) is 10.2. The van der Waals surface area contributed by atoms with E-state index in [1.807, 2.05) is 18.2 Å². The van der Waals surface area contributed by atoms with E-state index in [-0.39, 0.29) is 5.41 Å². The second-order valence-corrected chi connectivity index (χ2v) is 16.9. The van der Waals surface area contributed by atoms with E-state index >= 15 is 0 Å². The second kappa shape index (κ2) is 13.7. The molecule has 0 saturated heterocycles. The van der Waals surface area contributed by atoms with E-state index in [4.69, 9.17) is 9.97 Å². The Kier molecular flexibility index (Phi) is 7.92. The maximum atomic E-state index is 5.27. The zero-order valence-corrected chi connectivity index (χ0v) is 34.0. The van der Waals surface area contributed by atoms with Gasteiger partial charge in [0.2, 0.25) is 0 Å². The highest BCUT2D eigenvalue weighted by atomic mass is 14.9. The Labute approximate surface area is 355 Å². The van der Waals surface area contributed by atoms with Crippen LogP contribution in [0.25, 0.3) is 110 Å². The molecule has 1 aromatic heterocycles. The van der Waals surface area contributed by atoms with E-state index in [1.165, 1.54) is 82.2 Å². The molecule has 0 N–H and O–H groups in total. The minimum atomic E-state index is -0.125. The van der Waals surface area contributed by atoms with Gasteiger partial charge < -0.3 is 0 Å². The van der Waals surface area contributed by atoms with Crippen LogP contribution in [0.15, 0.2) is 206 Å². The third kappa shape index (κ3) is 5.56. The summed E-state index contributed by atoms with van der Waals surface area (Å²) in [6.45, 7) is 4.77. The number of hydrogen-bond acceptors (Lipinski definition) is 2. The molecular weight excluding hydrogens is 737 g/mol. The van der Waals surface area contributed by atoms with Gasteiger partial charge in [-0.15, -0.1) is 0 Å². The first-order valence-electron chi connectivity index (χ1n) is 21.2. The highest BCUT2D eigenvalue weighted by molar-refractivity contribution is 6.13. The minimum Gasteiger partial charge on any atom is -0.228 e. The molecule has 0 unspecified atom stereocenters. The van der Waals surface area contributed by atoms with Crippen molar-refractivity contribution in [3.05, 3.63) is 217 Å². The van der Waals surface area contributed by atoms with Crippen molar-refractivity contribution in [3.63, 3.8) is 0 Å². The molecule has 0 aliphatic heterocycles. The smallest absolute Gasteiger partial charge is 0.160 e. The molecule has 2 nitrogen and oxygen atoms in total. The lowest BCUT2D eigenvalue weighted by molar-refractivity contribution is 0.666. The summed E-state index contributed by atoms with van der Waals surface area (Å²) in [6.07, 6.45) is 0. The highest BCUT2D eigenvalue weighted by Gasteiger charge is 2.38. The number of rotatable bonds is 5. The molecule has 12 rings (SSSR count). The average Bonchev–Trinajstić information content (AvgIpc) is 3.57. The van der Waals surface area contributed by atoms with E-state index < -0.39 is 0 Å². The van der Waals surface area contributed by atoms with E-state index in [9.17, 15) is 0 Å². The van der Waals surface area contributed by atoms with Crippen LogP contribution >= 0.6 is 0 Å². The number of hydrogen-bond donors (Lipinski definition) is 0. The van der Waals surface area contributed by atoms with E-state index in [2.05, 4.69) is 202 Å². The Balaban J connectivity index is 1.03. The first-order chi connectivity index (χ1) is 30.0. The van der Waals surface area contributed by atoms with Gasteiger partial charge in [-0.25, -0.2) is 9.97 Å². The first-order valence-corrected chi connectivity index (χ1v) is 21.2. The molecule has 0 radical (unpaired) electrons. The highest BCUT2D eigenvalue weighted by Crippen LogP contribution is 2.55. The van der Waals surface area contributed by atoms with Crippen molar-refractivity contribution in [2.75, 3.05) is 0 Å². The third-order valence-corrected chi connectivity index (χ3v) is 13.1. The lowest BCUT2D eigenvalue weighted by Gasteiger charge is -2.23. The summed E-state index contributed by atoms with van der Waals surface area (Å²) in [5.41, 5.74) is 15.2. The van der Waals surface area contributed by atoms with Crippen LogP contribution in [0.4, 0.5) is 0 Å². The van der Waals surface area contributed by atoms with Gasteiger partial charge in [0, 0.05) is 22.1 Å². The predicted molar refractivity (Wildman–Crippen MR) is 257 cm³/mol. The molecule has 2 heteroatoms. The Morgan fingerprint density at radius 2 is 0.852 bits per heavy atom. The molecule has 1 heterocycles. The van der Waals surface area contributed by atoms with Crippen LogP contribution in [0.5, 0.6) is 0 Å². The van der Waals surface area contributed by atoms with Crippen molar-refractivity contribution in [2.24, 2.45) is 0 Å². The van der Waals surface area contributed by atoms with Gasteiger partial charge >= 0.3 is 0 Å². The van der Waals surface area contributed by atoms with Gasteiger partial charge in [-0.1, -0.05) is 208 Å². The van der Waals surface area contributed by atoms with Gasteiger partial charge in [-0.3, -0.25) is 0 Å². The monoisotopic (exact) mass is 776 g/mol. The van der Waals surface area contributed by atoms with Crippen LogP contribution in [0.2, 0.25) is 0 Å². The van der Waals surface area contributed by atoms with Crippen molar-refractivity contribution in [1.82, 2.24) is 9.97 Å². The Morgan fingerprint density at radius 1 is 0.328 bits per heavy atom. The van der Waals surface area contributed by atoms with Crippen molar-refractivity contribution in [2.45, 2.75) is 19.3 Å². The standard InChI is InChI=1S/C59H40N2/c1-59(2)53-26-14-25-51(56(53)52-30-29-38-16-8-9-20-42(38)57(52)59)49-32-31-47(43-21-10-11-22-44(43)49)48-33-34-50(46-24-13-12-23-45(46)48)55-36-54(60-58(61-55)39-17-4-3-5-18-39)41-28-27-37-15-6-7-19-40(37)35-41/h3-36H,1-2H3. The summed E-state index contributed by atoms with van der Waals surface area (Å²) < 4.78 is 0. The second-order valence-electron chi connectivity index (χ2n) is 16.9. The lowest BCUT2D eigenvalue weighted by atomic mass is 9.80. The number of fused-ring (bicyclic) bond motifs is 8. The third-order valence-electron chi connectivity index (χ3n) is 13.1. The lowest BCUT2D eigenvalue weighted by Crippen LogP contribution is -2.15. The van der Waals surface area contributed by atoms with Gasteiger partial charge in [0.25, 0.3) is 0 Å². The van der Waals surface area contributed by atoms with Gasteiger partial charge in [0.1, 0.15) is 0 Å². The number of nitrogens with zero attached hydrogens (tertiary/aromatic N) is 2. The topological polar surface area (TPSA) is 25.8 Å². The van der Waals surface area contributed by atoms with E-state index in [0.717, 1.165) is 33.5 Å². The van der Waals surface area contributed by atoms with Gasteiger partial charge in [-0.05, 0) is 99.7 Å². The molecular formula is C59H40N2. The summed E-state index contributed by atoms with van der Waals surface area (Å²) in [5, 5.41) is 9.85. The molecule has 10 aromatic carbocycles. The van der Waals surface area contributed by atoms with Crippen LogP contribution in [-0.2, 0) is 5.41 Å². The SMILES string of the molecule is CC1(C)c2cccc(-c3ccc(-c4ccc(-c5cc(-c6ccc7ccccc7c6)nc(-c6ccccc6)n5)c5ccccc45)c4ccccc34)c2-c2ccc3ccccc3c21. The van der Waals surface area contributed by atoms with Crippen LogP contribution in [0.1, 0.15) is 25.0 Å². The maximum absolute atomic E-state index is 5.27. The van der Waals surface area contributed by atoms with Crippen molar-refractivity contribution in [3.8, 4) is 67.3 Å². The van der Waals surface area contributed by atoms with Crippen molar-refractivity contribution in [1.29, 1.82) is 0 Å². The average molecular weight is 777 g/mol. The van der Waals surface area contributed by atoms with Crippen molar-refractivity contribution < 1.29 is 0 Å². The van der Waals surface area contributed by atoms with E-state index in [0.29, 0.717) is 5.82 Å². The zero-order valence-electron chi connectivity index (χ0n) is 34.0. The summed E-state index contributed by atoms with van der Waals surface area (Å²) in [6, 6.07) is 74.9. The fraction of sp³-hybridized carbons (Fsp3) is 0.0508. The first kappa shape index (κ1) is 35.3. The van der Waals surface area contributed by atoms with Crippen LogP contribution in [0, 0.1) is 0 Å². The Morgan fingerprint density at radius 3 is 1.56 bits per heavy atom. The Hall–Kier alpha value is -7.68. The molecule has 11 aromatic rings. The van der Waals surface area contributed by atoms with Gasteiger partial charge in [0.05, 0.1) is 11.4 Å². The molecule has 0 spiro atoms. The summed E-state index contributed by atoms with van der Waals surface area (Å²) in [5.74, 6) is 0.711. The predicted octanol–water partition coefficient (Wildman–Crippen LogP) is 15.7. The summed E-state index contributed by atoms with van der Waals surface area (Å²) in [4.78, 5) is 10.4. The number of aromatic nitrogens is 2. The van der Waals surface area contributed by atoms with Gasteiger partial charge in [0.15, 0.2) is 5.82 Å². The molecule has 0 amide bonds. The molecule has 61 heavy (non-hydrogen) atoms. The molecule has 0 fully saturated rings. The number of benzene rings is 10. The van der Waals surface area contributed by atoms with Crippen LogP contribution in [0.3, 0.4) is 0 Å². The van der Waals surface area contributed by atoms with E-state index in [1.54, 1.807) is 0 Å². The fourth-order valence-corrected chi connectivity index (χ4v) is 10.2. The van der Waals surface area contributed by atoms with Crippen molar-refractivity contribution >= 4 is 43.1 Å². The van der Waals surface area contributed by atoms with Crippen LogP contribution in [-0.4, -0.2) is 9.97 Å². The summed E-state index contributed by atoms with van der Waals surface area (Å²) >= 11 is 0. The molecule has 1 aliphatic carbocycles. The molecule has 1 aliphatic rings. The summed E-state index contributed by atoms with van der Waals surface area (Å²) in [7, 11) is 0. The van der Waals surface area contributed by atoms with Crippen LogP contribution < -0.4 is 0 Å². The maximum Gasteiger partial charge on any atom is 0.160 e. The molecule has 0 bridgehead atoms.